The van der Waals surface area contributed by atoms with Gasteiger partial charge in [-0.25, -0.2) is 4.79 Å². The molecule has 7 heteroatoms. The SMILES string of the molecule is COC(=O)C1OC2OC3(CCCCC3)OC2C2OC3(CCCCC3)OC12. The van der Waals surface area contributed by atoms with E-state index in [4.69, 9.17) is 28.4 Å². The fraction of sp³-hybridized carbons (Fsp3) is 0.947. The predicted octanol–water partition coefficient (Wildman–Crippen LogP) is 2.40. The lowest BCUT2D eigenvalue weighted by atomic mass is 9.94. The van der Waals surface area contributed by atoms with Crippen LogP contribution >= 0.6 is 0 Å². The largest absolute Gasteiger partial charge is 0.467 e. The summed E-state index contributed by atoms with van der Waals surface area (Å²) in [7, 11) is 1.37. The Hall–Kier alpha value is -0.730. The molecule has 0 bridgehead atoms. The third-order valence-corrected chi connectivity index (χ3v) is 6.54. The summed E-state index contributed by atoms with van der Waals surface area (Å²) in [6.07, 6.45) is 7.40. The van der Waals surface area contributed by atoms with Gasteiger partial charge in [0.25, 0.3) is 0 Å². The highest BCUT2D eigenvalue weighted by Gasteiger charge is 2.65. The van der Waals surface area contributed by atoms with Gasteiger partial charge in [-0.2, -0.15) is 0 Å². The Morgan fingerprint density at radius 2 is 1.31 bits per heavy atom. The molecule has 2 aliphatic carbocycles. The summed E-state index contributed by atoms with van der Waals surface area (Å²) in [5.41, 5.74) is 0. The monoisotopic (exact) mass is 368 g/mol. The fourth-order valence-electron chi connectivity index (χ4n) is 5.26. The molecular weight excluding hydrogens is 340 g/mol. The maximum atomic E-state index is 12.4. The molecule has 7 nitrogen and oxygen atoms in total. The van der Waals surface area contributed by atoms with Gasteiger partial charge in [-0.3, -0.25) is 0 Å². The van der Waals surface area contributed by atoms with Crippen LogP contribution in [-0.2, 0) is 33.2 Å². The van der Waals surface area contributed by atoms with Crippen LogP contribution in [0.1, 0.15) is 64.2 Å². The molecule has 3 saturated heterocycles. The number of hydrogen-bond acceptors (Lipinski definition) is 7. The van der Waals surface area contributed by atoms with E-state index in [1.807, 2.05) is 0 Å². The van der Waals surface area contributed by atoms with Crippen molar-refractivity contribution in [3.05, 3.63) is 0 Å². The van der Waals surface area contributed by atoms with Crippen molar-refractivity contribution in [3.8, 4) is 0 Å². The molecule has 0 amide bonds. The molecule has 0 aromatic carbocycles. The maximum absolute atomic E-state index is 12.4. The second-order valence-corrected chi connectivity index (χ2v) is 8.26. The van der Waals surface area contributed by atoms with Crippen molar-refractivity contribution in [2.24, 2.45) is 0 Å². The Balaban J connectivity index is 1.43. The first kappa shape index (κ1) is 17.4. The van der Waals surface area contributed by atoms with E-state index < -0.39 is 36.0 Å². The van der Waals surface area contributed by atoms with Crippen molar-refractivity contribution >= 4 is 5.97 Å². The van der Waals surface area contributed by atoms with E-state index in [1.54, 1.807) is 0 Å². The average molecular weight is 368 g/mol. The van der Waals surface area contributed by atoms with Crippen molar-refractivity contribution in [2.45, 2.75) is 106 Å². The summed E-state index contributed by atoms with van der Waals surface area (Å²) in [4.78, 5) is 12.4. The van der Waals surface area contributed by atoms with Gasteiger partial charge in [0, 0.05) is 25.7 Å². The molecule has 2 spiro atoms. The molecule has 0 radical (unpaired) electrons. The van der Waals surface area contributed by atoms with Gasteiger partial charge in [0.1, 0.15) is 18.3 Å². The number of ether oxygens (including phenoxy) is 6. The van der Waals surface area contributed by atoms with Crippen molar-refractivity contribution in [1.82, 2.24) is 0 Å². The average Bonchev–Trinajstić information content (AvgIpc) is 3.19. The molecule has 5 fully saturated rings. The molecule has 0 N–H and O–H groups in total. The summed E-state index contributed by atoms with van der Waals surface area (Å²) in [5, 5.41) is 0. The fourth-order valence-corrected chi connectivity index (χ4v) is 5.26. The summed E-state index contributed by atoms with van der Waals surface area (Å²) < 4.78 is 36.4. The van der Waals surface area contributed by atoms with Gasteiger partial charge in [0.15, 0.2) is 24.0 Å². The van der Waals surface area contributed by atoms with Crippen LogP contribution in [0.2, 0.25) is 0 Å². The van der Waals surface area contributed by atoms with Crippen LogP contribution in [0.5, 0.6) is 0 Å². The third-order valence-electron chi connectivity index (χ3n) is 6.54. The van der Waals surface area contributed by atoms with Gasteiger partial charge in [0.2, 0.25) is 0 Å². The van der Waals surface area contributed by atoms with E-state index in [-0.39, 0.29) is 12.2 Å². The number of rotatable bonds is 1. The minimum absolute atomic E-state index is 0.361. The van der Waals surface area contributed by atoms with Crippen LogP contribution in [0, 0.1) is 0 Å². The molecule has 0 aromatic rings. The zero-order valence-corrected chi connectivity index (χ0v) is 15.3. The van der Waals surface area contributed by atoms with E-state index >= 15 is 0 Å². The number of fused-ring (bicyclic) bond motifs is 3. The topological polar surface area (TPSA) is 72.5 Å². The first-order chi connectivity index (χ1) is 12.6. The zero-order chi connectivity index (χ0) is 17.8. The molecule has 146 valence electrons. The molecule has 26 heavy (non-hydrogen) atoms. The highest BCUT2D eigenvalue weighted by Crippen LogP contribution is 2.50. The van der Waals surface area contributed by atoms with E-state index in [0.717, 1.165) is 51.4 Å². The van der Waals surface area contributed by atoms with E-state index in [1.165, 1.54) is 20.0 Å². The normalized spacial score (nSPS) is 43.2. The van der Waals surface area contributed by atoms with Crippen molar-refractivity contribution in [3.63, 3.8) is 0 Å². The van der Waals surface area contributed by atoms with Crippen LogP contribution < -0.4 is 0 Å². The lowest BCUT2D eigenvalue weighted by Crippen LogP contribution is -2.57. The van der Waals surface area contributed by atoms with E-state index in [9.17, 15) is 4.79 Å². The minimum atomic E-state index is -0.838. The summed E-state index contributed by atoms with van der Waals surface area (Å²) in [6.45, 7) is 0. The zero-order valence-electron chi connectivity index (χ0n) is 15.3. The van der Waals surface area contributed by atoms with Gasteiger partial charge in [-0.05, 0) is 25.7 Å². The maximum Gasteiger partial charge on any atom is 0.337 e. The van der Waals surface area contributed by atoms with Crippen molar-refractivity contribution in [1.29, 1.82) is 0 Å². The summed E-state index contributed by atoms with van der Waals surface area (Å²) in [6, 6.07) is 0. The van der Waals surface area contributed by atoms with Gasteiger partial charge >= 0.3 is 5.97 Å². The standard InChI is InChI=1S/C19H28O7/c1-21-16(20)14-12-13(24-18(23-12)8-4-2-5-9-18)15-17(22-14)26-19(25-15)10-6-3-7-11-19/h12-15,17H,2-11H2,1H3. The quantitative estimate of drug-likeness (QED) is 0.658. The first-order valence-corrected chi connectivity index (χ1v) is 10.1. The van der Waals surface area contributed by atoms with Crippen LogP contribution in [0.4, 0.5) is 0 Å². The van der Waals surface area contributed by atoms with E-state index in [0.29, 0.717) is 0 Å². The van der Waals surface area contributed by atoms with Gasteiger partial charge in [-0.15, -0.1) is 0 Å². The van der Waals surface area contributed by atoms with Gasteiger partial charge < -0.3 is 28.4 Å². The smallest absolute Gasteiger partial charge is 0.337 e. The molecule has 0 aromatic heterocycles. The van der Waals surface area contributed by atoms with Crippen LogP contribution in [0.3, 0.4) is 0 Å². The first-order valence-electron chi connectivity index (χ1n) is 10.1. The third kappa shape index (κ3) is 2.71. The highest BCUT2D eigenvalue weighted by atomic mass is 16.9. The Morgan fingerprint density at radius 3 is 1.92 bits per heavy atom. The van der Waals surface area contributed by atoms with Crippen LogP contribution in [0.15, 0.2) is 0 Å². The van der Waals surface area contributed by atoms with Gasteiger partial charge in [0.05, 0.1) is 7.11 Å². The lowest BCUT2D eigenvalue weighted by molar-refractivity contribution is -0.251. The predicted molar refractivity (Wildman–Crippen MR) is 88.0 cm³/mol. The van der Waals surface area contributed by atoms with Crippen LogP contribution in [0.25, 0.3) is 0 Å². The number of esters is 1. The lowest BCUT2D eigenvalue weighted by Gasteiger charge is -2.35. The molecule has 2 saturated carbocycles. The number of methoxy groups -OCH3 is 1. The Labute approximate surface area is 153 Å². The molecule has 3 aliphatic heterocycles. The molecular formula is C19H28O7. The molecule has 5 rings (SSSR count). The summed E-state index contributed by atoms with van der Waals surface area (Å²) in [5.74, 6) is -1.67. The second-order valence-electron chi connectivity index (χ2n) is 8.26. The Bertz CT molecular complexity index is 552. The number of hydrogen-bond donors (Lipinski definition) is 0. The number of carbonyl (C=O) groups excluding carboxylic acids is 1. The second kappa shape index (κ2) is 6.41. The minimum Gasteiger partial charge on any atom is -0.467 e. The van der Waals surface area contributed by atoms with Gasteiger partial charge in [-0.1, -0.05) is 12.8 Å². The molecule has 3 heterocycles. The van der Waals surface area contributed by atoms with Crippen molar-refractivity contribution in [2.75, 3.05) is 7.11 Å². The van der Waals surface area contributed by atoms with E-state index in [2.05, 4.69) is 0 Å². The highest BCUT2D eigenvalue weighted by molar-refractivity contribution is 5.75. The Kier molecular flexibility index (Phi) is 4.29. The summed E-state index contributed by atoms with van der Waals surface area (Å²) >= 11 is 0. The van der Waals surface area contributed by atoms with Crippen LogP contribution in [-0.4, -0.2) is 55.4 Å². The molecule has 5 atom stereocenters. The number of carbonyl (C=O) groups is 1. The van der Waals surface area contributed by atoms with Crippen molar-refractivity contribution < 1.29 is 33.2 Å². The molecule has 5 unspecified atom stereocenters. The Morgan fingerprint density at radius 1 is 0.769 bits per heavy atom. The molecule has 5 aliphatic rings.